The molecule has 3 nitrogen and oxygen atoms in total. The summed E-state index contributed by atoms with van der Waals surface area (Å²) in [5, 5.41) is 1.39. The monoisotopic (exact) mass is 310 g/mol. The van der Waals surface area contributed by atoms with Crippen LogP contribution in [0, 0.1) is 5.92 Å². The fourth-order valence-corrected chi connectivity index (χ4v) is 3.49. The fraction of sp³-hybridized carbons (Fsp3) is 0.400. The Kier molecular flexibility index (Phi) is 4.55. The van der Waals surface area contributed by atoms with Gasteiger partial charge >= 0.3 is 0 Å². The number of halogens is 1. The van der Waals surface area contributed by atoms with Gasteiger partial charge in [0.1, 0.15) is 4.88 Å². The lowest BCUT2D eigenvalue weighted by atomic mass is 10.1. The smallest absolute Gasteiger partial charge is 0.265 e. The maximum absolute atomic E-state index is 12.5. The van der Waals surface area contributed by atoms with Crippen LogP contribution in [0.3, 0.4) is 0 Å². The van der Waals surface area contributed by atoms with Crippen molar-refractivity contribution in [3.05, 3.63) is 28.1 Å². The predicted molar refractivity (Wildman–Crippen MR) is 87.7 cm³/mol. The number of nitrogens with zero attached hydrogens (tertiary/aromatic N) is 1. The normalized spacial score (nSPS) is 11.2. The first-order valence-electron chi connectivity index (χ1n) is 6.63. The van der Waals surface area contributed by atoms with E-state index in [2.05, 4.69) is 13.8 Å². The Morgan fingerprint density at radius 1 is 1.45 bits per heavy atom. The molecule has 1 amide bonds. The lowest BCUT2D eigenvalue weighted by Gasteiger charge is -2.17. The number of hydrogen-bond donors (Lipinski definition) is 1. The van der Waals surface area contributed by atoms with Gasteiger partial charge in [-0.2, -0.15) is 0 Å². The number of carbonyl (C=O) groups is 1. The van der Waals surface area contributed by atoms with Crippen LogP contribution in [0.5, 0.6) is 0 Å². The van der Waals surface area contributed by atoms with Crippen LogP contribution in [0.4, 0.5) is 5.69 Å². The summed E-state index contributed by atoms with van der Waals surface area (Å²) < 4.78 is 0.954. The molecule has 0 spiro atoms. The van der Waals surface area contributed by atoms with Gasteiger partial charge in [0.05, 0.1) is 10.7 Å². The van der Waals surface area contributed by atoms with E-state index in [1.165, 1.54) is 11.3 Å². The Balaban J connectivity index is 2.31. The molecule has 20 heavy (non-hydrogen) atoms. The number of hydrogen-bond acceptors (Lipinski definition) is 3. The molecule has 0 radical (unpaired) electrons. The van der Waals surface area contributed by atoms with Gasteiger partial charge in [0.25, 0.3) is 5.91 Å². The number of nitrogens with two attached hydrogens (primary N) is 1. The molecule has 2 N–H and O–H groups in total. The van der Waals surface area contributed by atoms with Crippen molar-refractivity contribution in [2.45, 2.75) is 20.3 Å². The Bertz CT molecular complexity index is 636. The lowest BCUT2D eigenvalue weighted by Crippen LogP contribution is -2.28. The number of amides is 1. The third kappa shape index (κ3) is 2.91. The standard InChI is InChI=1S/C15H19ClN2OS/c1-9(2)7-8-18(3)15(19)14-13(17)12-10(16)5-4-6-11(12)20-14/h4-6,9H,7-8,17H2,1-3H3. The van der Waals surface area contributed by atoms with Gasteiger partial charge in [-0.15, -0.1) is 11.3 Å². The summed E-state index contributed by atoms with van der Waals surface area (Å²) in [6.45, 7) is 5.02. The second-order valence-electron chi connectivity index (χ2n) is 5.37. The zero-order valence-corrected chi connectivity index (χ0v) is 13.5. The molecule has 1 aromatic heterocycles. The summed E-state index contributed by atoms with van der Waals surface area (Å²) >= 11 is 7.57. The van der Waals surface area contributed by atoms with Crippen molar-refractivity contribution in [2.24, 2.45) is 5.92 Å². The Hall–Kier alpha value is -1.26. The molecule has 0 aliphatic rings. The largest absolute Gasteiger partial charge is 0.397 e. The second kappa shape index (κ2) is 6.02. The molecular weight excluding hydrogens is 292 g/mol. The molecule has 0 atom stereocenters. The molecular formula is C15H19ClN2OS. The number of thiophene rings is 1. The van der Waals surface area contributed by atoms with Crippen LogP contribution < -0.4 is 5.73 Å². The van der Waals surface area contributed by atoms with Crippen molar-refractivity contribution < 1.29 is 4.79 Å². The topological polar surface area (TPSA) is 46.3 Å². The number of carbonyl (C=O) groups excluding carboxylic acids is 1. The van der Waals surface area contributed by atoms with Crippen LogP contribution in [-0.4, -0.2) is 24.4 Å². The van der Waals surface area contributed by atoms with Crippen LogP contribution >= 0.6 is 22.9 Å². The van der Waals surface area contributed by atoms with Crippen LogP contribution in [0.1, 0.15) is 29.9 Å². The molecule has 108 valence electrons. The van der Waals surface area contributed by atoms with Crippen LogP contribution in [-0.2, 0) is 0 Å². The maximum atomic E-state index is 12.5. The molecule has 1 heterocycles. The molecule has 0 unspecified atom stereocenters. The van der Waals surface area contributed by atoms with Gasteiger partial charge in [-0.3, -0.25) is 4.79 Å². The van der Waals surface area contributed by atoms with Gasteiger partial charge in [-0.1, -0.05) is 31.5 Å². The van der Waals surface area contributed by atoms with Crippen molar-refractivity contribution in [1.29, 1.82) is 0 Å². The maximum Gasteiger partial charge on any atom is 0.265 e. The van der Waals surface area contributed by atoms with E-state index in [1.54, 1.807) is 11.0 Å². The number of benzene rings is 1. The van der Waals surface area contributed by atoms with Crippen LogP contribution in [0.2, 0.25) is 5.02 Å². The first-order valence-corrected chi connectivity index (χ1v) is 7.83. The number of rotatable bonds is 4. The van der Waals surface area contributed by atoms with E-state index in [0.29, 0.717) is 21.5 Å². The Morgan fingerprint density at radius 3 is 2.75 bits per heavy atom. The van der Waals surface area contributed by atoms with Crippen molar-refractivity contribution in [2.75, 3.05) is 19.3 Å². The van der Waals surface area contributed by atoms with E-state index in [-0.39, 0.29) is 5.91 Å². The third-order valence-electron chi connectivity index (χ3n) is 3.28. The predicted octanol–water partition coefficient (Wildman–Crippen LogP) is 4.26. The second-order valence-corrected chi connectivity index (χ2v) is 6.83. The summed E-state index contributed by atoms with van der Waals surface area (Å²) in [5.74, 6) is 0.542. The average molecular weight is 311 g/mol. The first kappa shape index (κ1) is 15.1. The number of anilines is 1. The molecule has 2 rings (SSSR count). The third-order valence-corrected chi connectivity index (χ3v) is 4.76. The number of fused-ring (bicyclic) bond motifs is 1. The summed E-state index contributed by atoms with van der Waals surface area (Å²) in [6, 6.07) is 5.61. The molecule has 0 bridgehead atoms. The van der Waals surface area contributed by atoms with Gasteiger partial charge in [0.2, 0.25) is 0 Å². The summed E-state index contributed by atoms with van der Waals surface area (Å²) in [4.78, 5) is 14.8. The minimum Gasteiger partial charge on any atom is -0.397 e. The van der Waals surface area contributed by atoms with E-state index in [9.17, 15) is 4.79 Å². The highest BCUT2D eigenvalue weighted by Crippen LogP contribution is 2.38. The molecule has 5 heteroatoms. The Morgan fingerprint density at radius 2 is 2.15 bits per heavy atom. The SMILES string of the molecule is CC(C)CCN(C)C(=O)c1sc2cccc(Cl)c2c1N. The zero-order valence-electron chi connectivity index (χ0n) is 11.9. The molecule has 0 saturated carbocycles. The van der Waals surface area contributed by atoms with E-state index in [0.717, 1.165) is 23.1 Å². The minimum absolute atomic E-state index is 0.0274. The molecule has 0 aliphatic carbocycles. The van der Waals surface area contributed by atoms with Gasteiger partial charge in [-0.25, -0.2) is 0 Å². The quantitative estimate of drug-likeness (QED) is 0.917. The van der Waals surface area contributed by atoms with Gasteiger partial charge in [0.15, 0.2) is 0 Å². The first-order chi connectivity index (χ1) is 9.41. The van der Waals surface area contributed by atoms with Crippen molar-refractivity contribution in [3.8, 4) is 0 Å². The van der Waals surface area contributed by atoms with E-state index < -0.39 is 0 Å². The van der Waals surface area contributed by atoms with Gasteiger partial charge in [0, 0.05) is 23.7 Å². The highest BCUT2D eigenvalue weighted by atomic mass is 35.5. The van der Waals surface area contributed by atoms with Gasteiger partial charge in [-0.05, 0) is 24.5 Å². The van der Waals surface area contributed by atoms with Crippen molar-refractivity contribution >= 4 is 44.6 Å². The van der Waals surface area contributed by atoms with Crippen molar-refractivity contribution in [1.82, 2.24) is 4.90 Å². The minimum atomic E-state index is -0.0274. The Labute approximate surface area is 128 Å². The summed E-state index contributed by atoms with van der Waals surface area (Å²) in [7, 11) is 1.82. The van der Waals surface area contributed by atoms with E-state index >= 15 is 0 Å². The van der Waals surface area contributed by atoms with Crippen molar-refractivity contribution in [3.63, 3.8) is 0 Å². The van der Waals surface area contributed by atoms with E-state index in [4.69, 9.17) is 17.3 Å². The summed E-state index contributed by atoms with van der Waals surface area (Å²) in [6.07, 6.45) is 0.980. The van der Waals surface area contributed by atoms with Crippen LogP contribution in [0.25, 0.3) is 10.1 Å². The molecule has 1 aromatic carbocycles. The zero-order chi connectivity index (χ0) is 14.9. The molecule has 0 saturated heterocycles. The molecule has 0 aliphatic heterocycles. The van der Waals surface area contributed by atoms with E-state index in [1.807, 2.05) is 19.2 Å². The molecule has 2 aromatic rings. The highest BCUT2D eigenvalue weighted by Gasteiger charge is 2.20. The number of nitrogen functional groups attached to an aromatic ring is 1. The highest BCUT2D eigenvalue weighted by molar-refractivity contribution is 7.21. The fourth-order valence-electron chi connectivity index (χ4n) is 2.01. The average Bonchev–Trinajstić information content (AvgIpc) is 2.73. The van der Waals surface area contributed by atoms with Crippen LogP contribution in [0.15, 0.2) is 18.2 Å². The lowest BCUT2D eigenvalue weighted by molar-refractivity contribution is 0.0795. The van der Waals surface area contributed by atoms with Gasteiger partial charge < -0.3 is 10.6 Å². The molecule has 0 fully saturated rings. The summed E-state index contributed by atoms with van der Waals surface area (Å²) in [5.41, 5.74) is 6.61.